The number of furan rings is 1. The Bertz CT molecular complexity index is 978. The number of amides is 1. The van der Waals surface area contributed by atoms with Crippen molar-refractivity contribution in [2.75, 3.05) is 6.61 Å². The third-order valence-electron chi connectivity index (χ3n) is 3.85. The molecule has 2 heterocycles. The molecule has 0 aliphatic carbocycles. The Kier molecular flexibility index (Phi) is 5.85. The number of hydrogen-bond donors (Lipinski definition) is 1. The number of ether oxygens (including phenoxy) is 1. The van der Waals surface area contributed by atoms with E-state index in [1.165, 1.54) is 41.7 Å². The number of nitrogens with zero attached hydrogens (tertiary/aromatic N) is 1. The SMILES string of the molecule is C[C@@H](NC(=O)COC(=O)c1ccc(-c2ccc([N+](=O)[O-])cc2)o1)c1cccs1. The summed E-state index contributed by atoms with van der Waals surface area (Å²) >= 11 is 1.52. The van der Waals surface area contributed by atoms with Crippen LogP contribution in [0.1, 0.15) is 28.4 Å². The summed E-state index contributed by atoms with van der Waals surface area (Å²) in [5, 5.41) is 15.3. The van der Waals surface area contributed by atoms with Crippen LogP contribution in [0.2, 0.25) is 0 Å². The summed E-state index contributed by atoms with van der Waals surface area (Å²) in [5.41, 5.74) is 0.532. The molecule has 1 N–H and O–H groups in total. The number of nitro benzene ring substituents is 1. The predicted octanol–water partition coefficient (Wildman–Crippen LogP) is 3.95. The predicted molar refractivity (Wildman–Crippen MR) is 102 cm³/mol. The molecule has 0 bridgehead atoms. The Morgan fingerprint density at radius 1 is 1.21 bits per heavy atom. The molecule has 0 fully saturated rings. The normalized spacial score (nSPS) is 11.6. The molecule has 8 nitrogen and oxygen atoms in total. The number of rotatable bonds is 7. The molecule has 0 saturated heterocycles. The van der Waals surface area contributed by atoms with E-state index in [1.807, 2.05) is 24.4 Å². The number of nitrogens with one attached hydrogen (secondary N) is 1. The number of thiophene rings is 1. The standard InChI is InChI=1S/C19H16N2O6S/c1-12(17-3-2-10-28-17)20-18(22)11-26-19(23)16-9-8-15(27-16)13-4-6-14(7-5-13)21(24)25/h2-10,12H,11H2,1H3,(H,20,22)/t12-/m1/s1. The number of esters is 1. The summed E-state index contributed by atoms with van der Waals surface area (Å²) in [6.45, 7) is 1.41. The maximum absolute atomic E-state index is 12.1. The van der Waals surface area contributed by atoms with Gasteiger partial charge in [0, 0.05) is 22.6 Å². The van der Waals surface area contributed by atoms with Crippen molar-refractivity contribution >= 4 is 28.9 Å². The summed E-state index contributed by atoms with van der Waals surface area (Å²) in [6, 6.07) is 12.3. The molecule has 1 aromatic carbocycles. The van der Waals surface area contributed by atoms with E-state index < -0.39 is 23.4 Å². The van der Waals surface area contributed by atoms with Crippen LogP contribution >= 0.6 is 11.3 Å². The second-order valence-corrected chi connectivity index (χ2v) is 6.83. The number of non-ortho nitro benzene ring substituents is 1. The average molecular weight is 400 g/mol. The van der Waals surface area contributed by atoms with Crippen molar-refractivity contribution in [3.8, 4) is 11.3 Å². The van der Waals surface area contributed by atoms with Gasteiger partial charge in [-0.15, -0.1) is 11.3 Å². The van der Waals surface area contributed by atoms with Crippen LogP contribution in [0.15, 0.2) is 58.3 Å². The highest BCUT2D eigenvalue weighted by atomic mass is 32.1. The van der Waals surface area contributed by atoms with Gasteiger partial charge in [-0.3, -0.25) is 14.9 Å². The van der Waals surface area contributed by atoms with Crippen LogP contribution in [0.4, 0.5) is 5.69 Å². The molecule has 2 aromatic heterocycles. The van der Waals surface area contributed by atoms with E-state index >= 15 is 0 Å². The molecular formula is C19H16N2O6S. The topological polar surface area (TPSA) is 112 Å². The fourth-order valence-electron chi connectivity index (χ4n) is 2.44. The summed E-state index contributed by atoms with van der Waals surface area (Å²) in [5.74, 6) is -0.895. The van der Waals surface area contributed by atoms with Crippen LogP contribution in [0.5, 0.6) is 0 Å². The lowest BCUT2D eigenvalue weighted by atomic mass is 10.1. The van der Waals surface area contributed by atoms with Crippen LogP contribution < -0.4 is 5.32 Å². The van der Waals surface area contributed by atoms with Crippen molar-refractivity contribution in [2.24, 2.45) is 0 Å². The number of hydrogen-bond acceptors (Lipinski definition) is 7. The van der Waals surface area contributed by atoms with E-state index in [1.54, 1.807) is 6.07 Å². The zero-order valence-electron chi connectivity index (χ0n) is 14.8. The van der Waals surface area contributed by atoms with Crippen molar-refractivity contribution in [1.82, 2.24) is 5.32 Å². The van der Waals surface area contributed by atoms with E-state index in [9.17, 15) is 19.7 Å². The van der Waals surface area contributed by atoms with E-state index in [-0.39, 0.29) is 17.5 Å². The lowest BCUT2D eigenvalue weighted by Crippen LogP contribution is -2.30. The van der Waals surface area contributed by atoms with Gasteiger partial charge in [-0.2, -0.15) is 0 Å². The number of nitro groups is 1. The van der Waals surface area contributed by atoms with Gasteiger partial charge >= 0.3 is 5.97 Å². The third-order valence-corrected chi connectivity index (χ3v) is 4.91. The Hall–Kier alpha value is -3.46. The van der Waals surface area contributed by atoms with E-state index in [2.05, 4.69) is 5.32 Å². The van der Waals surface area contributed by atoms with Crippen LogP contribution in [-0.4, -0.2) is 23.4 Å². The molecule has 1 atom stereocenters. The third kappa shape index (κ3) is 4.63. The Morgan fingerprint density at radius 3 is 2.61 bits per heavy atom. The van der Waals surface area contributed by atoms with Crippen molar-refractivity contribution in [3.05, 3.63) is 74.7 Å². The largest absolute Gasteiger partial charge is 0.450 e. The minimum atomic E-state index is -0.771. The first kappa shape index (κ1) is 19.3. The molecule has 28 heavy (non-hydrogen) atoms. The quantitative estimate of drug-likeness (QED) is 0.365. The average Bonchev–Trinajstić information content (AvgIpc) is 3.38. The maximum Gasteiger partial charge on any atom is 0.374 e. The molecule has 144 valence electrons. The first-order chi connectivity index (χ1) is 13.4. The van der Waals surface area contributed by atoms with Gasteiger partial charge in [-0.05, 0) is 42.6 Å². The molecule has 0 unspecified atom stereocenters. The molecule has 3 rings (SSSR count). The highest BCUT2D eigenvalue weighted by molar-refractivity contribution is 7.10. The Balaban J connectivity index is 1.55. The molecule has 0 spiro atoms. The molecule has 0 aliphatic heterocycles. The van der Waals surface area contributed by atoms with Crippen molar-refractivity contribution in [2.45, 2.75) is 13.0 Å². The Labute approximate surface area is 163 Å². The molecule has 1 amide bonds. The number of carbonyl (C=O) groups excluding carboxylic acids is 2. The second-order valence-electron chi connectivity index (χ2n) is 5.85. The van der Waals surface area contributed by atoms with Gasteiger partial charge in [0.25, 0.3) is 11.6 Å². The summed E-state index contributed by atoms with van der Waals surface area (Å²) in [4.78, 5) is 35.2. The van der Waals surface area contributed by atoms with Crippen LogP contribution in [-0.2, 0) is 9.53 Å². The zero-order chi connectivity index (χ0) is 20.1. The zero-order valence-corrected chi connectivity index (χ0v) is 15.6. The highest BCUT2D eigenvalue weighted by Gasteiger charge is 2.17. The van der Waals surface area contributed by atoms with Gasteiger partial charge in [-0.1, -0.05) is 6.07 Å². The molecule has 0 saturated carbocycles. The van der Waals surface area contributed by atoms with Gasteiger partial charge in [0.15, 0.2) is 6.61 Å². The van der Waals surface area contributed by atoms with Crippen molar-refractivity contribution in [1.29, 1.82) is 0 Å². The Morgan fingerprint density at radius 2 is 1.96 bits per heavy atom. The molecule has 0 radical (unpaired) electrons. The van der Waals surface area contributed by atoms with Crippen molar-refractivity contribution in [3.63, 3.8) is 0 Å². The van der Waals surface area contributed by atoms with Gasteiger partial charge in [0.1, 0.15) is 5.76 Å². The van der Waals surface area contributed by atoms with Gasteiger partial charge in [0.05, 0.1) is 11.0 Å². The fraction of sp³-hybridized carbons (Fsp3) is 0.158. The van der Waals surface area contributed by atoms with Crippen LogP contribution in [0, 0.1) is 10.1 Å². The van der Waals surface area contributed by atoms with Crippen molar-refractivity contribution < 1.29 is 23.7 Å². The van der Waals surface area contributed by atoms with E-state index in [0.29, 0.717) is 11.3 Å². The van der Waals surface area contributed by atoms with Gasteiger partial charge in [-0.25, -0.2) is 4.79 Å². The highest BCUT2D eigenvalue weighted by Crippen LogP contribution is 2.25. The van der Waals surface area contributed by atoms with E-state index in [4.69, 9.17) is 9.15 Å². The first-order valence-corrected chi connectivity index (χ1v) is 9.16. The fourth-order valence-corrected chi connectivity index (χ4v) is 3.18. The second kappa shape index (κ2) is 8.49. The van der Waals surface area contributed by atoms with Gasteiger partial charge in [0.2, 0.25) is 5.76 Å². The summed E-state index contributed by atoms with van der Waals surface area (Å²) in [6.07, 6.45) is 0. The molecule has 0 aliphatic rings. The lowest BCUT2D eigenvalue weighted by molar-refractivity contribution is -0.384. The monoisotopic (exact) mass is 400 g/mol. The number of benzene rings is 1. The van der Waals surface area contributed by atoms with Gasteiger partial charge < -0.3 is 14.5 Å². The lowest BCUT2D eigenvalue weighted by Gasteiger charge is -2.11. The minimum Gasteiger partial charge on any atom is -0.450 e. The molecular weight excluding hydrogens is 384 g/mol. The smallest absolute Gasteiger partial charge is 0.374 e. The molecule has 3 aromatic rings. The van der Waals surface area contributed by atoms with Crippen LogP contribution in [0.3, 0.4) is 0 Å². The number of carbonyl (C=O) groups is 2. The summed E-state index contributed by atoms with van der Waals surface area (Å²) < 4.78 is 10.4. The van der Waals surface area contributed by atoms with Crippen LogP contribution in [0.25, 0.3) is 11.3 Å². The minimum absolute atomic E-state index is 0.0438. The summed E-state index contributed by atoms with van der Waals surface area (Å²) in [7, 11) is 0. The molecule has 9 heteroatoms. The van der Waals surface area contributed by atoms with E-state index in [0.717, 1.165) is 4.88 Å². The first-order valence-electron chi connectivity index (χ1n) is 8.28. The maximum atomic E-state index is 12.1.